The smallest absolute Gasteiger partial charge is 0.321 e. The second-order valence-electron chi connectivity index (χ2n) is 6.38. The highest BCUT2D eigenvalue weighted by atomic mass is 19.1. The molecule has 1 saturated heterocycles. The average Bonchev–Trinajstić information content (AvgIpc) is 2.94. The van der Waals surface area contributed by atoms with Crippen LogP contribution >= 0.6 is 0 Å². The van der Waals surface area contributed by atoms with E-state index in [0.29, 0.717) is 18.7 Å². The molecule has 0 bridgehead atoms. The van der Waals surface area contributed by atoms with Gasteiger partial charge in [0.15, 0.2) is 0 Å². The second-order valence-corrected chi connectivity index (χ2v) is 6.38. The number of rotatable bonds is 2. The van der Waals surface area contributed by atoms with Crippen LogP contribution in [0, 0.1) is 24.1 Å². The van der Waals surface area contributed by atoms with Gasteiger partial charge in [0, 0.05) is 18.8 Å². The van der Waals surface area contributed by atoms with Crippen LogP contribution in [0.2, 0.25) is 0 Å². The number of urea groups is 1. The molecule has 0 unspecified atom stereocenters. The maximum Gasteiger partial charge on any atom is 0.321 e. The summed E-state index contributed by atoms with van der Waals surface area (Å²) in [6, 6.07) is 3.97. The first-order valence-corrected chi connectivity index (χ1v) is 7.47. The summed E-state index contributed by atoms with van der Waals surface area (Å²) in [7, 11) is 0. The number of benzene rings is 1. The highest BCUT2D eigenvalue weighted by molar-refractivity contribution is 5.90. The monoisotopic (exact) mass is 306 g/mol. The predicted molar refractivity (Wildman–Crippen MR) is 79.1 cm³/mol. The lowest BCUT2D eigenvalue weighted by Crippen LogP contribution is -2.38. The Bertz CT molecular complexity index is 614. The molecule has 1 aliphatic heterocycles. The van der Waals surface area contributed by atoms with Crippen LogP contribution in [-0.4, -0.2) is 35.1 Å². The third kappa shape index (κ3) is 2.42. The summed E-state index contributed by atoms with van der Waals surface area (Å²) in [4.78, 5) is 25.5. The molecule has 2 N–H and O–H groups in total. The Balaban J connectivity index is 1.73. The fourth-order valence-corrected chi connectivity index (χ4v) is 3.80. The van der Waals surface area contributed by atoms with Crippen molar-refractivity contribution < 1.29 is 19.1 Å². The van der Waals surface area contributed by atoms with Crippen LogP contribution in [0.3, 0.4) is 0 Å². The quantitative estimate of drug-likeness (QED) is 0.882. The molecule has 1 aromatic rings. The number of carbonyl (C=O) groups is 2. The molecule has 0 spiro atoms. The Kier molecular flexibility index (Phi) is 3.54. The predicted octanol–water partition coefficient (Wildman–Crippen LogP) is 2.85. The summed E-state index contributed by atoms with van der Waals surface area (Å²) in [6.45, 7) is 2.43. The lowest BCUT2D eigenvalue weighted by Gasteiger charge is -2.23. The van der Waals surface area contributed by atoms with E-state index in [0.717, 1.165) is 18.4 Å². The molecule has 22 heavy (non-hydrogen) atoms. The van der Waals surface area contributed by atoms with Crippen molar-refractivity contribution in [2.75, 3.05) is 18.4 Å². The van der Waals surface area contributed by atoms with E-state index < -0.39 is 17.2 Å². The van der Waals surface area contributed by atoms with E-state index in [4.69, 9.17) is 0 Å². The van der Waals surface area contributed by atoms with Gasteiger partial charge in [0.2, 0.25) is 0 Å². The first-order chi connectivity index (χ1) is 10.4. The SMILES string of the molecule is Cc1cc(F)cc(NC(=O)N2C[C@@H]3CCC[C@@]3(C(=O)O)C2)c1. The molecule has 2 aliphatic rings. The van der Waals surface area contributed by atoms with Crippen LogP contribution in [0.15, 0.2) is 18.2 Å². The van der Waals surface area contributed by atoms with Crippen molar-refractivity contribution in [3.05, 3.63) is 29.6 Å². The number of nitrogens with zero attached hydrogens (tertiary/aromatic N) is 1. The Morgan fingerprint density at radius 3 is 2.82 bits per heavy atom. The number of carboxylic acids is 1. The first kappa shape index (κ1) is 14.8. The van der Waals surface area contributed by atoms with Gasteiger partial charge in [-0.05, 0) is 49.4 Å². The molecule has 2 fully saturated rings. The average molecular weight is 306 g/mol. The fourth-order valence-electron chi connectivity index (χ4n) is 3.80. The van der Waals surface area contributed by atoms with Gasteiger partial charge in [-0.25, -0.2) is 9.18 Å². The van der Waals surface area contributed by atoms with Gasteiger partial charge in [-0.2, -0.15) is 0 Å². The van der Waals surface area contributed by atoms with Gasteiger partial charge in [0.25, 0.3) is 0 Å². The molecule has 3 rings (SSSR count). The third-order valence-electron chi connectivity index (χ3n) is 4.88. The number of hydrogen-bond acceptors (Lipinski definition) is 2. The van der Waals surface area contributed by atoms with Crippen molar-refractivity contribution in [1.29, 1.82) is 0 Å². The van der Waals surface area contributed by atoms with E-state index in [1.54, 1.807) is 13.0 Å². The highest BCUT2D eigenvalue weighted by Gasteiger charge is 2.55. The van der Waals surface area contributed by atoms with Crippen molar-refractivity contribution in [2.24, 2.45) is 11.3 Å². The zero-order valence-corrected chi connectivity index (χ0v) is 12.4. The highest BCUT2D eigenvalue weighted by Crippen LogP contribution is 2.48. The number of aryl methyl sites for hydroxylation is 1. The molecular formula is C16H19FN2O3. The Labute approximate surface area is 128 Å². The zero-order valence-electron chi connectivity index (χ0n) is 12.4. The number of nitrogens with one attached hydrogen (secondary N) is 1. The molecule has 1 aromatic carbocycles. The van der Waals surface area contributed by atoms with Gasteiger partial charge < -0.3 is 15.3 Å². The van der Waals surface area contributed by atoms with E-state index in [-0.39, 0.29) is 18.5 Å². The van der Waals surface area contributed by atoms with Gasteiger partial charge in [0.1, 0.15) is 5.82 Å². The number of carboxylic acid groups (broad SMARTS) is 1. The molecule has 1 aliphatic carbocycles. The van der Waals surface area contributed by atoms with Crippen LogP contribution in [0.25, 0.3) is 0 Å². The molecule has 1 saturated carbocycles. The van der Waals surface area contributed by atoms with Gasteiger partial charge in [-0.3, -0.25) is 4.79 Å². The van der Waals surface area contributed by atoms with Crippen molar-refractivity contribution in [3.8, 4) is 0 Å². The first-order valence-electron chi connectivity index (χ1n) is 7.47. The number of fused-ring (bicyclic) bond motifs is 1. The van der Waals surface area contributed by atoms with E-state index in [9.17, 15) is 19.1 Å². The maximum absolute atomic E-state index is 13.4. The Morgan fingerprint density at radius 1 is 1.41 bits per heavy atom. The molecular weight excluding hydrogens is 287 g/mol. The van der Waals surface area contributed by atoms with Crippen LogP contribution in [0.4, 0.5) is 14.9 Å². The summed E-state index contributed by atoms with van der Waals surface area (Å²) in [5.74, 6) is -1.20. The summed E-state index contributed by atoms with van der Waals surface area (Å²) < 4.78 is 13.4. The van der Waals surface area contributed by atoms with Crippen LogP contribution in [0.1, 0.15) is 24.8 Å². The normalized spacial score (nSPS) is 26.8. The lowest BCUT2D eigenvalue weighted by atomic mass is 9.81. The molecule has 0 radical (unpaired) electrons. The van der Waals surface area contributed by atoms with Crippen LogP contribution in [-0.2, 0) is 4.79 Å². The summed E-state index contributed by atoms with van der Waals surface area (Å²) in [5, 5.41) is 12.2. The minimum absolute atomic E-state index is 0.0185. The standard InChI is InChI=1S/C16H19FN2O3/c1-10-5-12(17)7-13(6-10)18-15(22)19-8-11-3-2-4-16(11,9-19)14(20)21/h5-7,11H,2-4,8-9H2,1H3,(H,18,22)(H,20,21)/t11-,16+/m0/s1. The Hall–Kier alpha value is -2.11. The second kappa shape index (κ2) is 5.26. The van der Waals surface area contributed by atoms with Gasteiger partial charge >= 0.3 is 12.0 Å². The largest absolute Gasteiger partial charge is 0.481 e. The molecule has 6 heteroatoms. The number of likely N-dealkylation sites (tertiary alicyclic amines) is 1. The number of halogens is 1. The van der Waals surface area contributed by atoms with Crippen molar-refractivity contribution in [2.45, 2.75) is 26.2 Å². The topological polar surface area (TPSA) is 69.6 Å². The van der Waals surface area contributed by atoms with E-state index in [2.05, 4.69) is 5.32 Å². The number of anilines is 1. The fraction of sp³-hybridized carbons (Fsp3) is 0.500. The zero-order chi connectivity index (χ0) is 15.9. The van der Waals surface area contributed by atoms with Crippen molar-refractivity contribution in [3.63, 3.8) is 0 Å². The molecule has 2 atom stereocenters. The molecule has 1 heterocycles. The number of aliphatic carboxylic acids is 1. The molecule has 0 aromatic heterocycles. The summed E-state index contributed by atoms with van der Waals surface area (Å²) in [6.07, 6.45) is 2.36. The van der Waals surface area contributed by atoms with E-state index in [1.807, 2.05) is 0 Å². The lowest BCUT2D eigenvalue weighted by molar-refractivity contribution is -0.149. The van der Waals surface area contributed by atoms with E-state index in [1.165, 1.54) is 17.0 Å². The van der Waals surface area contributed by atoms with Gasteiger partial charge in [-0.1, -0.05) is 6.42 Å². The molecule has 5 nitrogen and oxygen atoms in total. The summed E-state index contributed by atoms with van der Waals surface area (Å²) in [5.41, 5.74) is 0.314. The third-order valence-corrected chi connectivity index (χ3v) is 4.88. The Morgan fingerprint density at radius 2 is 2.18 bits per heavy atom. The van der Waals surface area contributed by atoms with Crippen molar-refractivity contribution in [1.82, 2.24) is 4.90 Å². The van der Waals surface area contributed by atoms with Gasteiger partial charge in [-0.15, -0.1) is 0 Å². The minimum atomic E-state index is -0.813. The number of amides is 2. The number of hydrogen-bond donors (Lipinski definition) is 2. The van der Waals surface area contributed by atoms with Crippen LogP contribution in [0.5, 0.6) is 0 Å². The van der Waals surface area contributed by atoms with Crippen molar-refractivity contribution >= 4 is 17.7 Å². The minimum Gasteiger partial charge on any atom is -0.481 e. The van der Waals surface area contributed by atoms with Crippen LogP contribution < -0.4 is 5.32 Å². The molecule has 118 valence electrons. The van der Waals surface area contributed by atoms with Gasteiger partial charge in [0.05, 0.1) is 5.41 Å². The maximum atomic E-state index is 13.4. The summed E-state index contributed by atoms with van der Waals surface area (Å²) >= 11 is 0. The van der Waals surface area contributed by atoms with E-state index >= 15 is 0 Å². The number of carbonyl (C=O) groups excluding carboxylic acids is 1. The molecule has 2 amide bonds.